The molecule has 0 aliphatic carbocycles. The Morgan fingerprint density at radius 2 is 1.81 bits per heavy atom. The number of fused-ring (bicyclic) bond motifs is 1. The van der Waals surface area contributed by atoms with Crippen LogP contribution in [-0.4, -0.2) is 19.9 Å². The van der Waals surface area contributed by atoms with E-state index in [9.17, 15) is 8.42 Å². The monoisotopic (exact) mass is 379 g/mol. The molecule has 0 fully saturated rings. The SMILES string of the molecule is Cc1ccc(S(=O)(=O)Nc2ccc(N3CCc4ccccc43)cn2)cc1C. The summed E-state index contributed by atoms with van der Waals surface area (Å²) in [5, 5.41) is 0. The number of benzene rings is 2. The van der Waals surface area contributed by atoms with Crippen molar-refractivity contribution in [2.24, 2.45) is 0 Å². The fraction of sp³-hybridized carbons (Fsp3) is 0.190. The van der Waals surface area contributed by atoms with Crippen LogP contribution in [0, 0.1) is 13.8 Å². The number of hydrogen-bond acceptors (Lipinski definition) is 4. The van der Waals surface area contributed by atoms with Crippen LogP contribution in [0.3, 0.4) is 0 Å². The lowest BCUT2D eigenvalue weighted by Crippen LogP contribution is -2.16. The minimum Gasteiger partial charge on any atom is -0.340 e. The van der Waals surface area contributed by atoms with E-state index in [-0.39, 0.29) is 4.90 Å². The highest BCUT2D eigenvalue weighted by molar-refractivity contribution is 7.92. The van der Waals surface area contributed by atoms with E-state index < -0.39 is 10.0 Å². The molecule has 0 amide bonds. The molecule has 27 heavy (non-hydrogen) atoms. The summed E-state index contributed by atoms with van der Waals surface area (Å²) in [4.78, 5) is 6.75. The maximum atomic E-state index is 12.6. The number of nitrogens with one attached hydrogen (secondary N) is 1. The Kier molecular flexibility index (Phi) is 4.36. The van der Waals surface area contributed by atoms with Gasteiger partial charge in [0.1, 0.15) is 5.82 Å². The van der Waals surface area contributed by atoms with Gasteiger partial charge in [0.2, 0.25) is 0 Å². The van der Waals surface area contributed by atoms with E-state index in [0.717, 1.165) is 29.8 Å². The van der Waals surface area contributed by atoms with Gasteiger partial charge < -0.3 is 4.90 Å². The van der Waals surface area contributed by atoms with E-state index in [4.69, 9.17) is 0 Å². The third-order valence-electron chi connectivity index (χ3n) is 4.97. The zero-order valence-electron chi connectivity index (χ0n) is 15.3. The molecule has 3 aromatic rings. The zero-order valence-corrected chi connectivity index (χ0v) is 16.1. The van der Waals surface area contributed by atoms with Crippen molar-refractivity contribution in [1.29, 1.82) is 0 Å². The molecule has 2 aromatic carbocycles. The number of aromatic nitrogens is 1. The number of para-hydroxylation sites is 1. The highest BCUT2D eigenvalue weighted by Gasteiger charge is 2.20. The fourth-order valence-corrected chi connectivity index (χ4v) is 4.38. The Morgan fingerprint density at radius 1 is 1.00 bits per heavy atom. The number of aryl methyl sites for hydroxylation is 2. The molecule has 2 heterocycles. The standard InChI is InChI=1S/C21H21N3O2S/c1-15-7-9-19(13-16(15)2)27(25,26)23-21-10-8-18(14-22-21)24-12-11-17-5-3-4-6-20(17)24/h3-10,13-14H,11-12H2,1-2H3,(H,22,23). The quantitative estimate of drug-likeness (QED) is 0.738. The predicted molar refractivity (Wildman–Crippen MR) is 108 cm³/mol. The summed E-state index contributed by atoms with van der Waals surface area (Å²) in [5.74, 6) is 0.310. The molecule has 0 saturated carbocycles. The lowest BCUT2D eigenvalue weighted by Gasteiger charge is -2.19. The first-order chi connectivity index (χ1) is 12.9. The van der Waals surface area contributed by atoms with Crippen molar-refractivity contribution in [3.05, 3.63) is 77.5 Å². The van der Waals surface area contributed by atoms with Gasteiger partial charge in [0.15, 0.2) is 0 Å². The number of hydrogen-bond donors (Lipinski definition) is 1. The van der Waals surface area contributed by atoms with E-state index in [1.165, 1.54) is 11.3 Å². The normalized spacial score (nSPS) is 13.5. The number of anilines is 3. The van der Waals surface area contributed by atoms with Crippen LogP contribution >= 0.6 is 0 Å². The van der Waals surface area contributed by atoms with E-state index >= 15 is 0 Å². The molecular weight excluding hydrogens is 358 g/mol. The first kappa shape index (κ1) is 17.5. The molecular formula is C21H21N3O2S. The molecule has 0 spiro atoms. The van der Waals surface area contributed by atoms with Gasteiger partial charge in [0, 0.05) is 12.2 Å². The van der Waals surface area contributed by atoms with Gasteiger partial charge in [-0.3, -0.25) is 4.72 Å². The predicted octanol–water partition coefficient (Wildman–Crippen LogP) is 4.19. The maximum Gasteiger partial charge on any atom is 0.263 e. The Morgan fingerprint density at radius 3 is 2.56 bits per heavy atom. The van der Waals surface area contributed by atoms with Crippen molar-refractivity contribution in [2.45, 2.75) is 25.2 Å². The van der Waals surface area contributed by atoms with E-state index in [2.05, 4.69) is 26.7 Å². The van der Waals surface area contributed by atoms with Gasteiger partial charge in [0.05, 0.1) is 16.8 Å². The fourth-order valence-electron chi connectivity index (χ4n) is 3.29. The molecule has 0 radical (unpaired) electrons. The van der Waals surface area contributed by atoms with Crippen molar-refractivity contribution in [1.82, 2.24) is 4.98 Å². The van der Waals surface area contributed by atoms with Crippen LogP contribution < -0.4 is 9.62 Å². The van der Waals surface area contributed by atoms with E-state index in [1.54, 1.807) is 24.4 Å². The number of pyridine rings is 1. The van der Waals surface area contributed by atoms with Crippen LogP contribution in [0.1, 0.15) is 16.7 Å². The molecule has 5 nitrogen and oxygen atoms in total. The average molecular weight is 379 g/mol. The summed E-state index contributed by atoms with van der Waals surface area (Å²) in [6.45, 7) is 4.75. The van der Waals surface area contributed by atoms with Crippen LogP contribution in [0.2, 0.25) is 0 Å². The molecule has 4 rings (SSSR count). The van der Waals surface area contributed by atoms with Crippen molar-refractivity contribution < 1.29 is 8.42 Å². The second kappa shape index (κ2) is 6.70. The van der Waals surface area contributed by atoms with Crippen LogP contribution in [-0.2, 0) is 16.4 Å². The Balaban J connectivity index is 1.55. The summed E-state index contributed by atoms with van der Waals surface area (Å²) >= 11 is 0. The van der Waals surface area contributed by atoms with Crippen molar-refractivity contribution in [3.8, 4) is 0 Å². The van der Waals surface area contributed by atoms with Crippen LogP contribution in [0.15, 0.2) is 65.7 Å². The Bertz CT molecular complexity index is 1090. The van der Waals surface area contributed by atoms with Crippen LogP contribution in [0.25, 0.3) is 0 Å². The summed E-state index contributed by atoms with van der Waals surface area (Å²) in [6.07, 6.45) is 2.71. The van der Waals surface area contributed by atoms with Crippen molar-refractivity contribution in [2.75, 3.05) is 16.2 Å². The van der Waals surface area contributed by atoms with Crippen LogP contribution in [0.4, 0.5) is 17.2 Å². The van der Waals surface area contributed by atoms with Gasteiger partial charge in [-0.1, -0.05) is 24.3 Å². The second-order valence-electron chi connectivity index (χ2n) is 6.78. The Hall–Kier alpha value is -2.86. The van der Waals surface area contributed by atoms with Crippen LogP contribution in [0.5, 0.6) is 0 Å². The molecule has 0 atom stereocenters. The smallest absolute Gasteiger partial charge is 0.263 e. The first-order valence-corrected chi connectivity index (χ1v) is 10.3. The summed E-state index contributed by atoms with van der Waals surface area (Å²) < 4.78 is 27.8. The van der Waals surface area contributed by atoms with Crippen molar-refractivity contribution >= 4 is 27.2 Å². The second-order valence-corrected chi connectivity index (χ2v) is 8.47. The lowest BCUT2D eigenvalue weighted by atomic mass is 10.1. The van der Waals surface area contributed by atoms with Gasteiger partial charge in [0.25, 0.3) is 10.0 Å². The Labute approximate surface area is 159 Å². The van der Waals surface area contributed by atoms with E-state index in [1.807, 2.05) is 38.1 Å². The summed E-state index contributed by atoms with van der Waals surface area (Å²) in [5.41, 5.74) is 5.45. The van der Waals surface area contributed by atoms with E-state index in [0.29, 0.717) is 5.82 Å². The van der Waals surface area contributed by atoms with Gasteiger partial charge in [-0.05, 0) is 67.3 Å². The largest absolute Gasteiger partial charge is 0.340 e. The molecule has 1 aliphatic rings. The number of rotatable bonds is 4. The molecule has 1 aliphatic heterocycles. The molecule has 138 valence electrons. The summed E-state index contributed by atoms with van der Waals surface area (Å²) in [7, 11) is -3.66. The van der Waals surface area contributed by atoms with Gasteiger partial charge in [-0.25, -0.2) is 13.4 Å². The first-order valence-electron chi connectivity index (χ1n) is 8.86. The van der Waals surface area contributed by atoms with Crippen molar-refractivity contribution in [3.63, 3.8) is 0 Å². The third-order valence-corrected chi connectivity index (χ3v) is 6.33. The molecule has 0 unspecified atom stereocenters. The highest BCUT2D eigenvalue weighted by Crippen LogP contribution is 2.34. The minimum absolute atomic E-state index is 0.241. The molecule has 1 N–H and O–H groups in total. The molecule has 0 bridgehead atoms. The topological polar surface area (TPSA) is 62.3 Å². The number of sulfonamides is 1. The zero-order chi connectivity index (χ0) is 19.0. The average Bonchev–Trinajstić information content (AvgIpc) is 3.08. The van der Waals surface area contributed by atoms with Gasteiger partial charge >= 0.3 is 0 Å². The maximum absolute atomic E-state index is 12.6. The molecule has 0 saturated heterocycles. The minimum atomic E-state index is -3.66. The van der Waals surface area contributed by atoms with Gasteiger partial charge in [-0.15, -0.1) is 0 Å². The number of nitrogens with zero attached hydrogens (tertiary/aromatic N) is 2. The van der Waals surface area contributed by atoms with Gasteiger partial charge in [-0.2, -0.15) is 0 Å². The lowest BCUT2D eigenvalue weighted by molar-refractivity contribution is 0.601. The molecule has 6 heteroatoms. The molecule has 1 aromatic heterocycles. The highest BCUT2D eigenvalue weighted by atomic mass is 32.2. The summed E-state index contributed by atoms with van der Waals surface area (Å²) in [6, 6.07) is 17.0. The third kappa shape index (κ3) is 3.40.